The number of carbonyl (C=O) groups is 1. The van der Waals surface area contributed by atoms with Crippen molar-refractivity contribution in [2.24, 2.45) is 10.7 Å². The van der Waals surface area contributed by atoms with Crippen molar-refractivity contribution in [3.05, 3.63) is 39.2 Å². The highest BCUT2D eigenvalue weighted by molar-refractivity contribution is 7.11. The lowest BCUT2D eigenvalue weighted by Gasteiger charge is -2.10. The molecule has 0 fully saturated rings. The highest BCUT2D eigenvalue weighted by Crippen LogP contribution is 2.16. The Hall–Kier alpha value is -2.35. The van der Waals surface area contributed by atoms with Gasteiger partial charge in [-0.05, 0) is 32.9 Å². The summed E-state index contributed by atoms with van der Waals surface area (Å²) in [4.78, 5) is 21.2. The summed E-state index contributed by atoms with van der Waals surface area (Å²) in [5, 5.41) is 7.56. The first-order chi connectivity index (χ1) is 11.5. The van der Waals surface area contributed by atoms with Gasteiger partial charge in [-0.15, -0.1) is 11.3 Å². The van der Waals surface area contributed by atoms with E-state index in [4.69, 9.17) is 10.2 Å². The van der Waals surface area contributed by atoms with Crippen LogP contribution in [0, 0.1) is 13.8 Å². The average Bonchev–Trinajstić information content (AvgIpc) is 3.12. The Balaban J connectivity index is 1.88. The molecule has 0 aliphatic carbocycles. The number of nitrogens with two attached hydrogens (primary N) is 1. The molecule has 0 radical (unpaired) electrons. The van der Waals surface area contributed by atoms with Gasteiger partial charge < -0.3 is 20.8 Å². The largest absolute Gasteiger partial charge is 0.454 e. The van der Waals surface area contributed by atoms with E-state index in [0.29, 0.717) is 18.3 Å². The van der Waals surface area contributed by atoms with Crippen LogP contribution in [0.5, 0.6) is 0 Å². The van der Waals surface area contributed by atoms with Crippen LogP contribution in [0.3, 0.4) is 0 Å². The number of nitrogens with one attached hydrogen (secondary N) is 2. The van der Waals surface area contributed by atoms with Crippen molar-refractivity contribution < 1.29 is 9.21 Å². The SMILES string of the molecule is CCNC(=NCc1ccc(C(N)=O)o1)NCCc1nc(C)c(C)s1. The summed E-state index contributed by atoms with van der Waals surface area (Å²) in [5.41, 5.74) is 6.26. The summed E-state index contributed by atoms with van der Waals surface area (Å²) in [6, 6.07) is 3.26. The molecular formula is C16H23N5O2S. The van der Waals surface area contributed by atoms with Crippen LogP contribution >= 0.6 is 11.3 Å². The van der Waals surface area contributed by atoms with E-state index in [0.717, 1.165) is 30.2 Å². The topological polar surface area (TPSA) is 106 Å². The van der Waals surface area contributed by atoms with E-state index in [9.17, 15) is 4.79 Å². The standard InChI is InChI=1S/C16H23N5O2S/c1-4-18-16(19-8-7-14-21-10(2)11(3)24-14)20-9-12-5-6-13(23-12)15(17)22/h5-6H,4,7-9H2,1-3H3,(H2,17,22)(H2,18,19,20). The third-order valence-electron chi connectivity index (χ3n) is 3.35. The molecule has 2 heterocycles. The Bertz CT molecular complexity index is 700. The van der Waals surface area contributed by atoms with Gasteiger partial charge in [-0.3, -0.25) is 4.79 Å². The van der Waals surface area contributed by atoms with Crippen molar-refractivity contribution in [1.82, 2.24) is 15.6 Å². The predicted molar refractivity (Wildman–Crippen MR) is 95.3 cm³/mol. The highest BCUT2D eigenvalue weighted by atomic mass is 32.1. The number of thiazole rings is 1. The Kier molecular flexibility index (Phi) is 6.36. The van der Waals surface area contributed by atoms with Gasteiger partial charge in [0.25, 0.3) is 5.91 Å². The van der Waals surface area contributed by atoms with Crippen LogP contribution in [0.4, 0.5) is 0 Å². The first-order valence-corrected chi connectivity index (χ1v) is 8.64. The number of furan rings is 1. The van der Waals surface area contributed by atoms with E-state index >= 15 is 0 Å². The third kappa shape index (κ3) is 5.09. The second-order valence-corrected chi connectivity index (χ2v) is 6.54. The Labute approximate surface area is 145 Å². The van der Waals surface area contributed by atoms with E-state index in [2.05, 4.69) is 27.5 Å². The minimum Gasteiger partial charge on any atom is -0.454 e. The van der Waals surface area contributed by atoms with Crippen LogP contribution in [-0.2, 0) is 13.0 Å². The quantitative estimate of drug-likeness (QED) is 0.522. The molecule has 0 spiro atoms. The molecule has 0 atom stereocenters. The number of carbonyl (C=O) groups excluding carboxylic acids is 1. The van der Waals surface area contributed by atoms with Gasteiger partial charge in [-0.2, -0.15) is 0 Å². The monoisotopic (exact) mass is 349 g/mol. The number of rotatable bonds is 7. The summed E-state index contributed by atoms with van der Waals surface area (Å²) in [6.07, 6.45) is 0.844. The number of guanidine groups is 1. The fourth-order valence-electron chi connectivity index (χ4n) is 2.03. The summed E-state index contributed by atoms with van der Waals surface area (Å²) in [7, 11) is 0. The average molecular weight is 349 g/mol. The van der Waals surface area contributed by atoms with Crippen LogP contribution in [0.2, 0.25) is 0 Å². The molecule has 0 aliphatic rings. The maximum Gasteiger partial charge on any atom is 0.284 e. The molecule has 1 amide bonds. The van der Waals surface area contributed by atoms with Crippen LogP contribution in [0.25, 0.3) is 0 Å². The number of aryl methyl sites for hydroxylation is 2. The lowest BCUT2D eigenvalue weighted by molar-refractivity contribution is 0.0972. The summed E-state index contributed by atoms with van der Waals surface area (Å²) >= 11 is 1.72. The minimum absolute atomic E-state index is 0.146. The summed E-state index contributed by atoms with van der Waals surface area (Å²) in [5.74, 6) is 0.851. The third-order valence-corrected chi connectivity index (χ3v) is 4.48. The zero-order valence-corrected chi connectivity index (χ0v) is 15.0. The lowest BCUT2D eigenvalue weighted by Crippen LogP contribution is -2.38. The first kappa shape index (κ1) is 18.0. The van der Waals surface area contributed by atoms with Crippen molar-refractivity contribution in [3.63, 3.8) is 0 Å². The Morgan fingerprint density at radius 2 is 2.17 bits per heavy atom. The highest BCUT2D eigenvalue weighted by Gasteiger charge is 2.07. The van der Waals surface area contributed by atoms with Crippen molar-refractivity contribution in [3.8, 4) is 0 Å². The van der Waals surface area contributed by atoms with Crippen LogP contribution < -0.4 is 16.4 Å². The zero-order valence-electron chi connectivity index (χ0n) is 14.2. The van der Waals surface area contributed by atoms with Gasteiger partial charge in [0, 0.05) is 24.4 Å². The van der Waals surface area contributed by atoms with Gasteiger partial charge >= 0.3 is 0 Å². The number of aromatic nitrogens is 1. The van der Waals surface area contributed by atoms with Gasteiger partial charge in [-0.25, -0.2) is 9.98 Å². The van der Waals surface area contributed by atoms with E-state index in [1.807, 2.05) is 13.8 Å². The van der Waals surface area contributed by atoms with Crippen molar-refractivity contribution >= 4 is 23.2 Å². The summed E-state index contributed by atoms with van der Waals surface area (Å²) in [6.45, 7) is 7.94. The van der Waals surface area contributed by atoms with E-state index in [1.54, 1.807) is 23.5 Å². The molecule has 0 bridgehead atoms. The van der Waals surface area contributed by atoms with Gasteiger partial charge in [0.2, 0.25) is 0 Å². The molecule has 0 saturated carbocycles. The molecule has 4 N–H and O–H groups in total. The molecule has 130 valence electrons. The lowest BCUT2D eigenvalue weighted by atomic mass is 10.4. The maximum atomic E-state index is 11.0. The zero-order chi connectivity index (χ0) is 17.5. The first-order valence-electron chi connectivity index (χ1n) is 7.83. The van der Waals surface area contributed by atoms with Crippen molar-refractivity contribution in [2.75, 3.05) is 13.1 Å². The smallest absolute Gasteiger partial charge is 0.284 e. The molecule has 0 aromatic carbocycles. The van der Waals surface area contributed by atoms with Gasteiger partial charge in [-0.1, -0.05) is 0 Å². The molecule has 2 aromatic heterocycles. The van der Waals surface area contributed by atoms with Crippen LogP contribution in [0.1, 0.15) is 38.8 Å². The second kappa shape index (κ2) is 8.49. The molecule has 2 aromatic rings. The second-order valence-electron chi connectivity index (χ2n) is 5.25. The fourth-order valence-corrected chi connectivity index (χ4v) is 2.96. The summed E-state index contributed by atoms with van der Waals surface area (Å²) < 4.78 is 5.32. The predicted octanol–water partition coefficient (Wildman–Crippen LogP) is 1.75. The molecule has 24 heavy (non-hydrogen) atoms. The van der Waals surface area contributed by atoms with E-state index < -0.39 is 5.91 Å². The number of aliphatic imine (C=N–C) groups is 1. The Morgan fingerprint density at radius 3 is 2.75 bits per heavy atom. The molecule has 0 unspecified atom stereocenters. The Morgan fingerprint density at radius 1 is 1.38 bits per heavy atom. The minimum atomic E-state index is -0.579. The van der Waals surface area contributed by atoms with Crippen molar-refractivity contribution in [1.29, 1.82) is 0 Å². The maximum absolute atomic E-state index is 11.0. The number of hydrogen-bond donors (Lipinski definition) is 3. The molecule has 0 saturated heterocycles. The van der Waals surface area contributed by atoms with Gasteiger partial charge in [0.15, 0.2) is 11.7 Å². The van der Waals surface area contributed by atoms with Crippen LogP contribution in [0.15, 0.2) is 21.5 Å². The number of primary amides is 1. The van der Waals surface area contributed by atoms with Gasteiger partial charge in [0.05, 0.1) is 10.7 Å². The van der Waals surface area contributed by atoms with Gasteiger partial charge in [0.1, 0.15) is 12.3 Å². The molecule has 8 heteroatoms. The fraction of sp³-hybridized carbons (Fsp3) is 0.438. The number of amides is 1. The number of hydrogen-bond acceptors (Lipinski definition) is 5. The van der Waals surface area contributed by atoms with Crippen molar-refractivity contribution in [2.45, 2.75) is 33.7 Å². The van der Waals surface area contributed by atoms with E-state index in [1.165, 1.54) is 4.88 Å². The molecule has 0 aliphatic heterocycles. The molecule has 2 rings (SSSR count). The van der Waals surface area contributed by atoms with E-state index in [-0.39, 0.29) is 5.76 Å². The van der Waals surface area contributed by atoms with Crippen LogP contribution in [-0.4, -0.2) is 29.9 Å². The number of nitrogens with zero attached hydrogens (tertiary/aromatic N) is 2. The molecular weight excluding hydrogens is 326 g/mol. The normalized spacial score (nSPS) is 11.5. The molecule has 7 nitrogen and oxygen atoms in total.